The topological polar surface area (TPSA) is 25.4 Å². The van der Waals surface area contributed by atoms with E-state index in [-0.39, 0.29) is 0 Å². The number of aromatic nitrogens is 1. The van der Waals surface area contributed by atoms with E-state index in [2.05, 4.69) is 16.8 Å². The van der Waals surface area contributed by atoms with E-state index < -0.39 is 0 Å². The van der Waals surface area contributed by atoms with Crippen LogP contribution in [0.2, 0.25) is 0 Å². The Labute approximate surface area is 78.3 Å². The molecule has 1 fully saturated rings. The van der Waals surface area contributed by atoms with Gasteiger partial charge in [0.25, 0.3) is 0 Å². The van der Waals surface area contributed by atoms with Crippen molar-refractivity contribution in [2.24, 2.45) is 0 Å². The molecule has 1 saturated heterocycles. The maximum Gasteiger partial charge on any atom is 0.128 e. The minimum atomic E-state index is 0.434. The molecular weight excluding hydrogens is 164 g/mol. The number of rotatable bonds is 1. The summed E-state index contributed by atoms with van der Waals surface area (Å²) in [7, 11) is 0. The Bertz CT molecular complexity index is 263. The highest BCUT2D eigenvalue weighted by molar-refractivity contribution is 5.39. The highest BCUT2D eigenvalue weighted by atomic mass is 16.5. The van der Waals surface area contributed by atoms with E-state index in [1.54, 1.807) is 0 Å². The van der Waals surface area contributed by atoms with E-state index in [9.17, 15) is 0 Å². The highest BCUT2D eigenvalue weighted by Crippen LogP contribution is 2.15. The summed E-state index contributed by atoms with van der Waals surface area (Å²) in [4.78, 5) is 6.60. The highest BCUT2D eigenvalue weighted by Gasteiger charge is 2.19. The Morgan fingerprint density at radius 3 is 3.15 bits per heavy atom. The lowest BCUT2D eigenvalue weighted by Gasteiger charge is -2.34. The molecule has 70 valence electrons. The van der Waals surface area contributed by atoms with Crippen molar-refractivity contribution in [3.63, 3.8) is 0 Å². The molecule has 1 aliphatic heterocycles. The van der Waals surface area contributed by atoms with Crippen LogP contribution in [0.5, 0.6) is 0 Å². The van der Waals surface area contributed by atoms with Crippen LogP contribution < -0.4 is 4.90 Å². The molecule has 3 heteroatoms. The zero-order valence-corrected chi connectivity index (χ0v) is 7.81. The fraction of sp³-hybridized carbons (Fsp3) is 0.500. The smallest absolute Gasteiger partial charge is 0.128 e. The van der Waals surface area contributed by atoms with E-state index in [0.29, 0.717) is 6.04 Å². The Hall–Kier alpha value is -1.09. The van der Waals surface area contributed by atoms with Gasteiger partial charge in [0, 0.05) is 12.7 Å². The van der Waals surface area contributed by atoms with Crippen LogP contribution in [0.25, 0.3) is 0 Å². The average Bonchev–Trinajstić information content (AvgIpc) is 2.20. The van der Waals surface area contributed by atoms with Gasteiger partial charge in [-0.1, -0.05) is 6.07 Å². The second kappa shape index (κ2) is 3.75. The summed E-state index contributed by atoms with van der Waals surface area (Å²) in [6.45, 7) is 4.71. The Kier molecular flexibility index (Phi) is 2.45. The lowest BCUT2D eigenvalue weighted by Crippen LogP contribution is -2.44. The molecule has 0 amide bonds. The number of hydrogen-bond donors (Lipinski definition) is 0. The Balaban J connectivity index is 2.15. The zero-order chi connectivity index (χ0) is 9.10. The van der Waals surface area contributed by atoms with E-state index in [4.69, 9.17) is 4.74 Å². The molecule has 1 aromatic rings. The predicted molar refractivity (Wildman–Crippen MR) is 51.9 cm³/mol. The molecular formula is C10H14N2O. The second-order valence-electron chi connectivity index (χ2n) is 3.31. The van der Waals surface area contributed by atoms with Crippen LogP contribution in [0.1, 0.15) is 6.92 Å². The summed E-state index contributed by atoms with van der Waals surface area (Å²) >= 11 is 0. The molecule has 0 saturated carbocycles. The third-order valence-corrected chi connectivity index (χ3v) is 2.31. The normalized spacial score (nSPS) is 23.2. The molecule has 0 N–H and O–H groups in total. The quantitative estimate of drug-likeness (QED) is 0.648. The van der Waals surface area contributed by atoms with Crippen LogP contribution in [0, 0.1) is 0 Å². The first-order chi connectivity index (χ1) is 6.38. The molecule has 0 spiro atoms. The van der Waals surface area contributed by atoms with Gasteiger partial charge >= 0.3 is 0 Å². The standard InChI is InChI=1S/C10H14N2O/c1-9-8-13-7-6-12(9)10-4-2-3-5-11-10/h2-5,9H,6-8H2,1H3/t9-/m0/s1. The lowest BCUT2D eigenvalue weighted by molar-refractivity contribution is 0.0985. The van der Waals surface area contributed by atoms with E-state index >= 15 is 0 Å². The van der Waals surface area contributed by atoms with Gasteiger partial charge in [0.05, 0.1) is 19.3 Å². The first-order valence-corrected chi connectivity index (χ1v) is 4.63. The van der Waals surface area contributed by atoms with Crippen molar-refractivity contribution in [2.45, 2.75) is 13.0 Å². The molecule has 13 heavy (non-hydrogen) atoms. The van der Waals surface area contributed by atoms with Gasteiger partial charge in [-0.05, 0) is 19.1 Å². The summed E-state index contributed by atoms with van der Waals surface area (Å²) in [6.07, 6.45) is 1.83. The van der Waals surface area contributed by atoms with Crippen LogP contribution >= 0.6 is 0 Å². The van der Waals surface area contributed by atoms with Crippen LogP contribution in [-0.2, 0) is 4.74 Å². The SMILES string of the molecule is C[C@H]1COCCN1c1ccccn1. The molecule has 1 aromatic heterocycles. The molecule has 0 radical (unpaired) electrons. The van der Waals surface area contributed by atoms with Crippen molar-refractivity contribution in [1.82, 2.24) is 4.98 Å². The molecule has 2 heterocycles. The number of morpholine rings is 1. The average molecular weight is 178 g/mol. The summed E-state index contributed by atoms with van der Waals surface area (Å²) in [5.41, 5.74) is 0. The van der Waals surface area contributed by atoms with E-state index in [1.165, 1.54) is 0 Å². The van der Waals surface area contributed by atoms with Gasteiger partial charge in [-0.3, -0.25) is 0 Å². The lowest BCUT2D eigenvalue weighted by atomic mass is 10.2. The fourth-order valence-corrected chi connectivity index (χ4v) is 1.59. The molecule has 0 unspecified atom stereocenters. The maximum absolute atomic E-state index is 5.36. The minimum absolute atomic E-state index is 0.434. The summed E-state index contributed by atoms with van der Waals surface area (Å²) in [5.74, 6) is 1.05. The second-order valence-corrected chi connectivity index (χ2v) is 3.31. The Morgan fingerprint density at radius 1 is 1.54 bits per heavy atom. The molecule has 0 aliphatic carbocycles. The maximum atomic E-state index is 5.36. The number of hydrogen-bond acceptors (Lipinski definition) is 3. The van der Waals surface area contributed by atoms with Gasteiger partial charge in [0.2, 0.25) is 0 Å². The number of pyridine rings is 1. The van der Waals surface area contributed by atoms with Gasteiger partial charge in [0.15, 0.2) is 0 Å². The number of anilines is 1. The molecule has 1 atom stereocenters. The molecule has 0 bridgehead atoms. The van der Waals surface area contributed by atoms with Gasteiger partial charge in [0.1, 0.15) is 5.82 Å². The summed E-state index contributed by atoms with van der Waals surface area (Å²) in [6, 6.07) is 6.43. The van der Waals surface area contributed by atoms with Gasteiger partial charge in [-0.25, -0.2) is 4.98 Å². The van der Waals surface area contributed by atoms with Gasteiger partial charge in [-0.2, -0.15) is 0 Å². The first kappa shape index (κ1) is 8.51. The minimum Gasteiger partial charge on any atom is -0.377 e. The van der Waals surface area contributed by atoms with Crippen molar-refractivity contribution >= 4 is 5.82 Å². The van der Waals surface area contributed by atoms with Crippen molar-refractivity contribution in [2.75, 3.05) is 24.7 Å². The van der Waals surface area contributed by atoms with Crippen LogP contribution in [0.4, 0.5) is 5.82 Å². The molecule has 2 rings (SSSR count). The third kappa shape index (κ3) is 1.80. The van der Waals surface area contributed by atoms with E-state index in [1.807, 2.05) is 24.4 Å². The van der Waals surface area contributed by atoms with Crippen LogP contribution in [-0.4, -0.2) is 30.8 Å². The van der Waals surface area contributed by atoms with Crippen LogP contribution in [0.3, 0.4) is 0 Å². The van der Waals surface area contributed by atoms with Gasteiger partial charge in [-0.15, -0.1) is 0 Å². The third-order valence-electron chi connectivity index (χ3n) is 2.31. The number of ether oxygens (including phenoxy) is 1. The van der Waals surface area contributed by atoms with Crippen molar-refractivity contribution in [3.8, 4) is 0 Å². The monoisotopic (exact) mass is 178 g/mol. The number of nitrogens with zero attached hydrogens (tertiary/aromatic N) is 2. The summed E-state index contributed by atoms with van der Waals surface area (Å²) < 4.78 is 5.36. The van der Waals surface area contributed by atoms with Crippen molar-refractivity contribution in [3.05, 3.63) is 24.4 Å². The molecule has 1 aliphatic rings. The summed E-state index contributed by atoms with van der Waals surface area (Å²) in [5, 5.41) is 0. The molecule has 3 nitrogen and oxygen atoms in total. The van der Waals surface area contributed by atoms with Crippen LogP contribution in [0.15, 0.2) is 24.4 Å². The van der Waals surface area contributed by atoms with Gasteiger partial charge < -0.3 is 9.64 Å². The fourth-order valence-electron chi connectivity index (χ4n) is 1.59. The zero-order valence-electron chi connectivity index (χ0n) is 7.81. The first-order valence-electron chi connectivity index (χ1n) is 4.63. The molecule has 0 aromatic carbocycles. The van der Waals surface area contributed by atoms with Crippen molar-refractivity contribution in [1.29, 1.82) is 0 Å². The largest absolute Gasteiger partial charge is 0.377 e. The van der Waals surface area contributed by atoms with E-state index in [0.717, 1.165) is 25.6 Å². The Morgan fingerprint density at radius 2 is 2.46 bits per heavy atom. The van der Waals surface area contributed by atoms with Crippen molar-refractivity contribution < 1.29 is 4.74 Å². The predicted octanol–water partition coefficient (Wildman–Crippen LogP) is 1.31.